The Morgan fingerprint density at radius 2 is 1.68 bits per heavy atom. The van der Waals surface area contributed by atoms with Crippen LogP contribution in [-0.4, -0.2) is 36.7 Å². The van der Waals surface area contributed by atoms with Crippen LogP contribution in [0.4, 0.5) is 10.5 Å². The number of carbonyl (C=O) groups is 3. The Morgan fingerprint density at radius 1 is 1.08 bits per heavy atom. The second-order valence-corrected chi connectivity index (χ2v) is 6.89. The maximum Gasteiger partial charge on any atom is 0.408 e. The Kier molecular flexibility index (Phi) is 6.97. The summed E-state index contributed by atoms with van der Waals surface area (Å²) in [6.07, 6.45) is -0.678. The standard InChI is InChI=1S/C18H26N2O5/c1-11(2)14(20-17(23)25-18(3,4)5)15(21)19-13-10-8-7-9-12(13)16(22)24-6/h7-11,14H,1-6H3,(H,19,21)(H,20,23). The van der Waals surface area contributed by atoms with Gasteiger partial charge in [-0.3, -0.25) is 4.79 Å². The topological polar surface area (TPSA) is 93.7 Å². The van der Waals surface area contributed by atoms with Crippen molar-refractivity contribution in [3.05, 3.63) is 29.8 Å². The van der Waals surface area contributed by atoms with Crippen molar-refractivity contribution in [3.63, 3.8) is 0 Å². The van der Waals surface area contributed by atoms with Crippen LogP contribution in [0.2, 0.25) is 0 Å². The highest BCUT2D eigenvalue weighted by Gasteiger charge is 2.27. The third kappa shape index (κ3) is 6.45. The van der Waals surface area contributed by atoms with E-state index in [1.807, 2.05) is 0 Å². The lowest BCUT2D eigenvalue weighted by Crippen LogP contribution is -2.48. The second kappa shape index (κ2) is 8.50. The van der Waals surface area contributed by atoms with Gasteiger partial charge in [0.25, 0.3) is 0 Å². The first-order valence-electron chi connectivity index (χ1n) is 8.03. The number of anilines is 1. The Balaban J connectivity index is 2.92. The van der Waals surface area contributed by atoms with E-state index in [1.165, 1.54) is 7.11 Å². The van der Waals surface area contributed by atoms with Gasteiger partial charge in [-0.2, -0.15) is 0 Å². The number of benzene rings is 1. The number of nitrogens with one attached hydrogen (secondary N) is 2. The molecule has 1 rings (SSSR count). The van der Waals surface area contributed by atoms with Crippen LogP contribution in [-0.2, 0) is 14.3 Å². The van der Waals surface area contributed by atoms with Gasteiger partial charge in [0.1, 0.15) is 11.6 Å². The van der Waals surface area contributed by atoms with Gasteiger partial charge in [-0.25, -0.2) is 9.59 Å². The Bertz CT molecular complexity index is 635. The molecule has 1 aromatic carbocycles. The minimum atomic E-state index is -0.819. The van der Waals surface area contributed by atoms with E-state index in [0.717, 1.165) is 0 Å². The molecule has 7 nitrogen and oxygen atoms in total. The van der Waals surface area contributed by atoms with Gasteiger partial charge in [0, 0.05) is 0 Å². The first kappa shape index (κ1) is 20.5. The van der Waals surface area contributed by atoms with E-state index in [4.69, 9.17) is 9.47 Å². The molecule has 0 saturated heterocycles. The number of methoxy groups -OCH3 is 1. The van der Waals surface area contributed by atoms with Crippen molar-refractivity contribution in [2.45, 2.75) is 46.3 Å². The molecule has 0 aliphatic heterocycles. The number of amides is 2. The van der Waals surface area contributed by atoms with Crippen molar-refractivity contribution in [3.8, 4) is 0 Å². The van der Waals surface area contributed by atoms with Crippen molar-refractivity contribution in [2.75, 3.05) is 12.4 Å². The molecule has 0 saturated carbocycles. The molecule has 1 atom stereocenters. The zero-order chi connectivity index (χ0) is 19.2. The molecular formula is C18H26N2O5. The highest BCUT2D eigenvalue weighted by Crippen LogP contribution is 2.17. The molecule has 0 aliphatic carbocycles. The molecule has 0 aliphatic rings. The fourth-order valence-electron chi connectivity index (χ4n) is 2.06. The second-order valence-electron chi connectivity index (χ2n) is 6.89. The lowest BCUT2D eigenvalue weighted by Gasteiger charge is -2.25. The summed E-state index contributed by atoms with van der Waals surface area (Å²) >= 11 is 0. The third-order valence-electron chi connectivity index (χ3n) is 3.21. The lowest BCUT2D eigenvalue weighted by molar-refractivity contribution is -0.119. The first-order valence-corrected chi connectivity index (χ1v) is 8.03. The maximum absolute atomic E-state index is 12.6. The van der Waals surface area contributed by atoms with Crippen molar-refractivity contribution in [1.29, 1.82) is 0 Å². The molecule has 138 valence electrons. The number of alkyl carbamates (subject to hydrolysis) is 1. The van der Waals surface area contributed by atoms with Gasteiger partial charge in [0.15, 0.2) is 0 Å². The number of hydrogen-bond acceptors (Lipinski definition) is 5. The van der Waals surface area contributed by atoms with Crippen LogP contribution in [0.25, 0.3) is 0 Å². The summed E-state index contributed by atoms with van der Waals surface area (Å²) in [5.74, 6) is -1.19. The van der Waals surface area contributed by atoms with Gasteiger partial charge >= 0.3 is 12.1 Å². The average molecular weight is 350 g/mol. The summed E-state index contributed by atoms with van der Waals surface area (Å²) in [6, 6.07) is 5.68. The van der Waals surface area contributed by atoms with Crippen LogP contribution in [0.1, 0.15) is 45.0 Å². The number of ether oxygens (including phenoxy) is 2. The number of carbonyl (C=O) groups excluding carboxylic acids is 3. The Hall–Kier alpha value is -2.57. The molecule has 0 heterocycles. The molecule has 0 radical (unpaired) electrons. The Labute approximate surface area is 148 Å². The van der Waals surface area contributed by atoms with Gasteiger partial charge in [0.05, 0.1) is 18.4 Å². The summed E-state index contributed by atoms with van der Waals surface area (Å²) < 4.78 is 9.90. The van der Waals surface area contributed by atoms with Gasteiger partial charge in [-0.1, -0.05) is 26.0 Å². The maximum atomic E-state index is 12.6. The number of rotatable bonds is 5. The summed E-state index contributed by atoms with van der Waals surface area (Å²) in [5, 5.41) is 5.23. The summed E-state index contributed by atoms with van der Waals surface area (Å²) in [6.45, 7) is 8.82. The van der Waals surface area contributed by atoms with Crippen molar-refractivity contribution < 1.29 is 23.9 Å². The summed E-state index contributed by atoms with van der Waals surface area (Å²) in [7, 11) is 1.27. The third-order valence-corrected chi connectivity index (χ3v) is 3.21. The normalized spacial score (nSPS) is 12.3. The molecule has 2 amide bonds. The fraction of sp³-hybridized carbons (Fsp3) is 0.500. The predicted octanol–water partition coefficient (Wildman–Crippen LogP) is 2.96. The van der Waals surface area contributed by atoms with Crippen LogP contribution in [0, 0.1) is 5.92 Å². The van der Waals surface area contributed by atoms with Crippen LogP contribution in [0.3, 0.4) is 0 Å². The van der Waals surface area contributed by atoms with E-state index in [2.05, 4.69) is 10.6 Å². The minimum absolute atomic E-state index is 0.183. The van der Waals surface area contributed by atoms with E-state index in [9.17, 15) is 14.4 Å². The smallest absolute Gasteiger partial charge is 0.408 e. The van der Waals surface area contributed by atoms with Gasteiger partial charge < -0.3 is 20.1 Å². The first-order chi connectivity index (χ1) is 11.5. The van der Waals surface area contributed by atoms with E-state index in [1.54, 1.807) is 58.9 Å². The monoisotopic (exact) mass is 350 g/mol. The van der Waals surface area contributed by atoms with Gasteiger partial charge in [-0.15, -0.1) is 0 Å². The average Bonchev–Trinajstić information content (AvgIpc) is 2.50. The molecule has 0 spiro atoms. The molecule has 0 aromatic heterocycles. The number of esters is 1. The SMILES string of the molecule is COC(=O)c1ccccc1NC(=O)C(NC(=O)OC(C)(C)C)C(C)C. The molecule has 7 heteroatoms. The summed E-state index contributed by atoms with van der Waals surface area (Å²) in [5.41, 5.74) is -0.117. The quantitative estimate of drug-likeness (QED) is 0.796. The molecule has 25 heavy (non-hydrogen) atoms. The van der Waals surface area contributed by atoms with Crippen LogP contribution in [0.5, 0.6) is 0 Å². The largest absolute Gasteiger partial charge is 0.465 e. The minimum Gasteiger partial charge on any atom is -0.465 e. The number of para-hydroxylation sites is 1. The fourth-order valence-corrected chi connectivity index (χ4v) is 2.06. The van der Waals surface area contributed by atoms with E-state index in [-0.39, 0.29) is 11.5 Å². The van der Waals surface area contributed by atoms with E-state index < -0.39 is 29.6 Å². The summed E-state index contributed by atoms with van der Waals surface area (Å²) in [4.78, 5) is 36.3. The van der Waals surface area contributed by atoms with Crippen molar-refractivity contribution >= 4 is 23.7 Å². The molecule has 2 N–H and O–H groups in total. The highest BCUT2D eigenvalue weighted by atomic mass is 16.6. The molecule has 1 unspecified atom stereocenters. The van der Waals surface area contributed by atoms with Crippen LogP contribution >= 0.6 is 0 Å². The van der Waals surface area contributed by atoms with Crippen molar-refractivity contribution in [1.82, 2.24) is 5.32 Å². The predicted molar refractivity (Wildman–Crippen MR) is 94.4 cm³/mol. The molecule has 0 bridgehead atoms. The lowest BCUT2D eigenvalue weighted by atomic mass is 10.0. The van der Waals surface area contributed by atoms with Crippen LogP contribution < -0.4 is 10.6 Å². The molecule has 0 fully saturated rings. The van der Waals surface area contributed by atoms with E-state index in [0.29, 0.717) is 5.69 Å². The molecule has 1 aromatic rings. The van der Waals surface area contributed by atoms with Gasteiger partial charge in [0.2, 0.25) is 5.91 Å². The Morgan fingerprint density at radius 3 is 2.20 bits per heavy atom. The van der Waals surface area contributed by atoms with E-state index >= 15 is 0 Å². The zero-order valence-electron chi connectivity index (χ0n) is 15.5. The molecular weight excluding hydrogens is 324 g/mol. The zero-order valence-corrected chi connectivity index (χ0v) is 15.5. The highest BCUT2D eigenvalue weighted by molar-refractivity contribution is 6.03. The number of hydrogen-bond donors (Lipinski definition) is 2. The van der Waals surface area contributed by atoms with Crippen LogP contribution in [0.15, 0.2) is 24.3 Å². The van der Waals surface area contributed by atoms with Crippen molar-refractivity contribution in [2.24, 2.45) is 5.92 Å². The van der Waals surface area contributed by atoms with Gasteiger partial charge in [-0.05, 0) is 38.8 Å².